The summed E-state index contributed by atoms with van der Waals surface area (Å²) >= 11 is 0. The number of ether oxygens (including phenoxy) is 1. The molecule has 0 heterocycles. The minimum atomic E-state index is -0.588. The second-order valence-corrected chi connectivity index (χ2v) is 4.86. The number of esters is 1. The summed E-state index contributed by atoms with van der Waals surface area (Å²) in [6.45, 7) is 3.22. The first kappa shape index (κ1) is 15.6. The lowest BCUT2D eigenvalue weighted by atomic mass is 10.1. The first-order valence-electron chi connectivity index (χ1n) is 6.60. The van der Waals surface area contributed by atoms with Gasteiger partial charge in [-0.1, -0.05) is 12.1 Å². The van der Waals surface area contributed by atoms with Gasteiger partial charge in [-0.15, -0.1) is 0 Å². The van der Waals surface area contributed by atoms with Crippen LogP contribution in [0.15, 0.2) is 42.5 Å². The van der Waals surface area contributed by atoms with Gasteiger partial charge in [-0.05, 0) is 43.7 Å². The molecule has 1 atom stereocenters. The van der Waals surface area contributed by atoms with Crippen LogP contribution >= 0.6 is 0 Å². The number of nitro groups is 1. The number of halogens is 1. The van der Waals surface area contributed by atoms with Crippen molar-refractivity contribution in [3.05, 3.63) is 75.1 Å². The summed E-state index contributed by atoms with van der Waals surface area (Å²) in [5.41, 5.74) is 1.22. The van der Waals surface area contributed by atoms with Crippen LogP contribution in [0.25, 0.3) is 0 Å². The molecule has 0 aliphatic rings. The number of carbonyl (C=O) groups excluding carboxylic acids is 1. The molecule has 5 nitrogen and oxygen atoms in total. The average Bonchev–Trinajstić information content (AvgIpc) is 2.47. The quantitative estimate of drug-likeness (QED) is 0.487. The molecule has 0 fully saturated rings. The molecule has 2 aromatic rings. The van der Waals surface area contributed by atoms with Crippen LogP contribution in [0.5, 0.6) is 0 Å². The van der Waals surface area contributed by atoms with Crippen LogP contribution in [0.4, 0.5) is 10.1 Å². The standard InChI is InChI=1S/C16H14FNO4/c1-10-9-13(5-8-15(10)18(20)21)16(19)22-11(2)12-3-6-14(17)7-4-12/h3-9,11H,1-2H3/t11-/m0/s1. The van der Waals surface area contributed by atoms with E-state index in [-0.39, 0.29) is 17.1 Å². The Morgan fingerprint density at radius 2 is 1.86 bits per heavy atom. The summed E-state index contributed by atoms with van der Waals surface area (Å²) in [5.74, 6) is -0.955. The SMILES string of the molecule is Cc1cc(C(=O)O[C@@H](C)c2ccc(F)cc2)ccc1[N+](=O)[O-]. The monoisotopic (exact) mass is 303 g/mol. The summed E-state index contributed by atoms with van der Waals surface area (Å²) < 4.78 is 18.1. The molecular weight excluding hydrogens is 289 g/mol. The van der Waals surface area contributed by atoms with E-state index < -0.39 is 17.0 Å². The number of hydrogen-bond donors (Lipinski definition) is 0. The van der Waals surface area contributed by atoms with Crippen LogP contribution in [-0.2, 0) is 4.74 Å². The molecule has 0 bridgehead atoms. The van der Waals surface area contributed by atoms with Crippen LogP contribution in [0, 0.1) is 22.9 Å². The smallest absolute Gasteiger partial charge is 0.338 e. The van der Waals surface area contributed by atoms with Crippen LogP contribution in [0.2, 0.25) is 0 Å². The third-order valence-electron chi connectivity index (χ3n) is 3.25. The van der Waals surface area contributed by atoms with E-state index in [1.165, 1.54) is 42.5 Å². The Hall–Kier alpha value is -2.76. The number of rotatable bonds is 4. The summed E-state index contributed by atoms with van der Waals surface area (Å²) in [6.07, 6.45) is -0.552. The third-order valence-corrected chi connectivity index (χ3v) is 3.25. The minimum Gasteiger partial charge on any atom is -0.454 e. The topological polar surface area (TPSA) is 69.4 Å². The van der Waals surface area contributed by atoms with Crippen molar-refractivity contribution in [3.8, 4) is 0 Å². The second-order valence-electron chi connectivity index (χ2n) is 4.86. The van der Waals surface area contributed by atoms with Gasteiger partial charge in [-0.3, -0.25) is 10.1 Å². The zero-order chi connectivity index (χ0) is 16.3. The molecule has 114 valence electrons. The van der Waals surface area contributed by atoms with Crippen molar-refractivity contribution >= 4 is 11.7 Å². The van der Waals surface area contributed by atoms with Crippen LogP contribution in [-0.4, -0.2) is 10.9 Å². The van der Waals surface area contributed by atoms with Crippen molar-refractivity contribution in [1.82, 2.24) is 0 Å². The normalized spacial score (nSPS) is 11.8. The fourth-order valence-electron chi connectivity index (χ4n) is 2.02. The first-order valence-corrected chi connectivity index (χ1v) is 6.60. The molecule has 0 N–H and O–H groups in total. The maximum Gasteiger partial charge on any atom is 0.338 e. The summed E-state index contributed by atoms with van der Waals surface area (Å²) in [6, 6.07) is 9.69. The second kappa shape index (κ2) is 6.34. The largest absolute Gasteiger partial charge is 0.454 e. The number of nitro benzene ring substituents is 1. The Bertz CT molecular complexity index is 713. The van der Waals surface area contributed by atoms with E-state index in [0.29, 0.717) is 11.1 Å². The number of aryl methyl sites for hydroxylation is 1. The average molecular weight is 303 g/mol. The molecule has 2 rings (SSSR count). The fraction of sp³-hybridized carbons (Fsp3) is 0.188. The van der Waals surface area contributed by atoms with E-state index in [0.717, 1.165) is 0 Å². The molecule has 0 spiro atoms. The molecule has 0 aromatic heterocycles. The van der Waals surface area contributed by atoms with E-state index in [2.05, 4.69) is 0 Å². The molecule has 0 saturated carbocycles. The zero-order valence-electron chi connectivity index (χ0n) is 12.1. The van der Waals surface area contributed by atoms with E-state index in [1.807, 2.05) is 0 Å². The molecule has 0 aliphatic carbocycles. The molecule has 6 heteroatoms. The molecule has 0 radical (unpaired) electrons. The van der Waals surface area contributed by atoms with Crippen molar-refractivity contribution in [2.24, 2.45) is 0 Å². The van der Waals surface area contributed by atoms with Gasteiger partial charge >= 0.3 is 5.97 Å². The zero-order valence-corrected chi connectivity index (χ0v) is 12.1. The Labute approximate surface area is 126 Å². The predicted molar refractivity (Wildman–Crippen MR) is 78.1 cm³/mol. The summed E-state index contributed by atoms with van der Waals surface area (Å²) in [4.78, 5) is 22.3. The van der Waals surface area contributed by atoms with Crippen molar-refractivity contribution in [1.29, 1.82) is 0 Å². The Morgan fingerprint density at radius 3 is 2.41 bits per heavy atom. The fourth-order valence-corrected chi connectivity index (χ4v) is 2.02. The lowest BCUT2D eigenvalue weighted by Gasteiger charge is -2.13. The van der Waals surface area contributed by atoms with Crippen LogP contribution in [0.1, 0.15) is 34.5 Å². The number of benzene rings is 2. The van der Waals surface area contributed by atoms with Crippen molar-refractivity contribution < 1.29 is 18.8 Å². The first-order chi connectivity index (χ1) is 10.4. The minimum absolute atomic E-state index is 0.0527. The maximum atomic E-state index is 12.9. The highest BCUT2D eigenvalue weighted by atomic mass is 19.1. The Balaban J connectivity index is 2.13. The highest BCUT2D eigenvalue weighted by Gasteiger charge is 2.17. The van der Waals surface area contributed by atoms with Gasteiger partial charge in [0, 0.05) is 11.6 Å². The van der Waals surface area contributed by atoms with Crippen molar-refractivity contribution in [3.63, 3.8) is 0 Å². The van der Waals surface area contributed by atoms with E-state index in [9.17, 15) is 19.3 Å². The van der Waals surface area contributed by atoms with Crippen molar-refractivity contribution in [2.45, 2.75) is 20.0 Å². The predicted octanol–water partition coefficient (Wildman–Crippen LogP) is 3.96. The van der Waals surface area contributed by atoms with Gasteiger partial charge in [0.2, 0.25) is 0 Å². The molecule has 22 heavy (non-hydrogen) atoms. The van der Waals surface area contributed by atoms with Gasteiger partial charge in [-0.25, -0.2) is 9.18 Å². The molecule has 0 aliphatic heterocycles. The lowest BCUT2D eigenvalue weighted by Crippen LogP contribution is -2.09. The molecule has 0 saturated heterocycles. The van der Waals surface area contributed by atoms with E-state index in [4.69, 9.17) is 4.74 Å². The number of nitrogens with zero attached hydrogens (tertiary/aromatic N) is 1. The molecule has 0 unspecified atom stereocenters. The lowest BCUT2D eigenvalue weighted by molar-refractivity contribution is -0.385. The molecule has 0 amide bonds. The van der Waals surface area contributed by atoms with Crippen LogP contribution < -0.4 is 0 Å². The van der Waals surface area contributed by atoms with Gasteiger partial charge in [0.05, 0.1) is 10.5 Å². The summed E-state index contributed by atoms with van der Waals surface area (Å²) in [5, 5.41) is 10.8. The molecular formula is C16H14FNO4. The maximum absolute atomic E-state index is 12.9. The number of carbonyl (C=O) groups is 1. The van der Waals surface area contributed by atoms with Gasteiger partial charge in [0.15, 0.2) is 0 Å². The Morgan fingerprint density at radius 1 is 1.23 bits per heavy atom. The van der Waals surface area contributed by atoms with Gasteiger partial charge in [-0.2, -0.15) is 0 Å². The van der Waals surface area contributed by atoms with Gasteiger partial charge in [0.1, 0.15) is 11.9 Å². The van der Waals surface area contributed by atoms with Crippen LogP contribution in [0.3, 0.4) is 0 Å². The summed E-state index contributed by atoms with van der Waals surface area (Å²) in [7, 11) is 0. The van der Waals surface area contributed by atoms with Gasteiger partial charge < -0.3 is 4.74 Å². The molecule has 2 aromatic carbocycles. The Kier molecular flexibility index (Phi) is 4.50. The number of hydrogen-bond acceptors (Lipinski definition) is 4. The van der Waals surface area contributed by atoms with E-state index >= 15 is 0 Å². The highest BCUT2D eigenvalue weighted by Crippen LogP contribution is 2.22. The highest BCUT2D eigenvalue weighted by molar-refractivity contribution is 5.90. The van der Waals surface area contributed by atoms with Gasteiger partial charge in [0.25, 0.3) is 5.69 Å². The van der Waals surface area contributed by atoms with E-state index in [1.54, 1.807) is 13.8 Å². The van der Waals surface area contributed by atoms with Crippen molar-refractivity contribution in [2.75, 3.05) is 0 Å². The third kappa shape index (κ3) is 3.46.